The smallest absolute Gasteiger partial charge is 0.317 e. The van der Waals surface area contributed by atoms with Crippen LogP contribution < -0.4 is 4.90 Å². The zero-order valence-corrected chi connectivity index (χ0v) is 16.1. The molecular weight excluding hydrogens is 362 g/mol. The number of para-hydroxylation sites is 1. The first-order valence-corrected chi connectivity index (χ1v) is 11.0. The number of nitrogens with zero attached hydrogens (tertiary/aromatic N) is 3. The first kappa shape index (κ1) is 18.0. The zero-order chi connectivity index (χ0) is 19.0. The Balaban J connectivity index is 1.42. The normalized spacial score (nSPS) is 20.8. The Hall–Kier alpha value is -2.38. The summed E-state index contributed by atoms with van der Waals surface area (Å²) in [5.41, 5.74) is 2.03. The fourth-order valence-electron chi connectivity index (χ4n) is 3.84. The Bertz CT molecular complexity index is 929. The largest absolute Gasteiger partial charge is 0.324 e. The zero-order valence-electron chi connectivity index (χ0n) is 15.3. The molecule has 2 aromatic carbocycles. The molecule has 2 aliphatic rings. The maximum atomic E-state index is 12.7. The molecule has 0 spiro atoms. The van der Waals surface area contributed by atoms with Crippen molar-refractivity contribution in [1.82, 2.24) is 9.80 Å². The van der Waals surface area contributed by atoms with Gasteiger partial charge in [-0.2, -0.15) is 0 Å². The van der Waals surface area contributed by atoms with Crippen LogP contribution >= 0.6 is 0 Å². The third-order valence-electron chi connectivity index (χ3n) is 5.26. The summed E-state index contributed by atoms with van der Waals surface area (Å²) < 4.78 is 23.2. The molecule has 0 radical (unpaired) electrons. The Morgan fingerprint density at radius 3 is 2.33 bits per heavy atom. The van der Waals surface area contributed by atoms with Crippen molar-refractivity contribution in [3.63, 3.8) is 0 Å². The summed E-state index contributed by atoms with van der Waals surface area (Å²) in [6, 6.07) is 17.1. The number of amides is 2. The van der Waals surface area contributed by atoms with E-state index in [4.69, 9.17) is 0 Å². The molecule has 2 heterocycles. The molecule has 2 aliphatic heterocycles. The average Bonchev–Trinajstić information content (AvgIpc) is 2.98. The molecule has 0 bridgehead atoms. The molecule has 27 heavy (non-hydrogen) atoms. The molecule has 4 rings (SSSR count). The van der Waals surface area contributed by atoms with Crippen molar-refractivity contribution in [2.45, 2.75) is 17.5 Å². The standard InChI is InChI=1S/C20H23N3O3S/c1-27(25,26)19-9-7-16(8-10-19)13-21-11-12-22-18(14-21)15-23(20(22)24)17-5-3-2-4-6-17/h2-10,18H,11-15H2,1H3. The number of benzene rings is 2. The van der Waals surface area contributed by atoms with Gasteiger partial charge < -0.3 is 4.90 Å². The predicted molar refractivity (Wildman–Crippen MR) is 105 cm³/mol. The van der Waals surface area contributed by atoms with Crippen LogP contribution in [0.5, 0.6) is 0 Å². The molecule has 1 atom stereocenters. The molecule has 0 N–H and O–H groups in total. The molecule has 6 nitrogen and oxygen atoms in total. The highest BCUT2D eigenvalue weighted by Gasteiger charge is 2.41. The minimum atomic E-state index is -3.17. The van der Waals surface area contributed by atoms with Crippen LogP contribution in [0.25, 0.3) is 0 Å². The molecule has 0 aromatic heterocycles. The Labute approximate surface area is 159 Å². The van der Waals surface area contributed by atoms with Gasteiger partial charge in [-0.15, -0.1) is 0 Å². The number of rotatable bonds is 4. The maximum absolute atomic E-state index is 12.7. The van der Waals surface area contributed by atoms with Gasteiger partial charge in [0.2, 0.25) is 0 Å². The minimum Gasteiger partial charge on any atom is -0.317 e. The molecule has 2 amide bonds. The number of hydrogen-bond acceptors (Lipinski definition) is 4. The molecule has 2 aromatic rings. The molecule has 0 saturated carbocycles. The molecule has 2 fully saturated rings. The second kappa shape index (κ2) is 6.98. The van der Waals surface area contributed by atoms with Gasteiger partial charge in [-0.05, 0) is 29.8 Å². The molecule has 142 valence electrons. The van der Waals surface area contributed by atoms with Crippen molar-refractivity contribution in [1.29, 1.82) is 0 Å². The lowest BCUT2D eigenvalue weighted by Gasteiger charge is -2.36. The van der Waals surface area contributed by atoms with E-state index in [1.165, 1.54) is 6.26 Å². The van der Waals surface area contributed by atoms with Crippen LogP contribution in [0.15, 0.2) is 59.5 Å². The third-order valence-corrected chi connectivity index (χ3v) is 6.39. The van der Waals surface area contributed by atoms with Crippen molar-refractivity contribution in [2.24, 2.45) is 0 Å². The highest BCUT2D eigenvalue weighted by molar-refractivity contribution is 7.90. The first-order chi connectivity index (χ1) is 12.9. The SMILES string of the molecule is CS(=O)(=O)c1ccc(CN2CCN3C(=O)N(c4ccccc4)CC3C2)cc1. The molecule has 7 heteroatoms. The maximum Gasteiger partial charge on any atom is 0.324 e. The Morgan fingerprint density at radius 1 is 0.963 bits per heavy atom. The molecule has 0 aliphatic carbocycles. The monoisotopic (exact) mass is 385 g/mol. The van der Waals surface area contributed by atoms with E-state index >= 15 is 0 Å². The van der Waals surface area contributed by atoms with Crippen molar-refractivity contribution in [3.05, 3.63) is 60.2 Å². The quantitative estimate of drug-likeness (QED) is 0.810. The first-order valence-electron chi connectivity index (χ1n) is 9.06. The lowest BCUT2D eigenvalue weighted by Crippen LogP contribution is -2.51. The number of carbonyl (C=O) groups excluding carboxylic acids is 1. The van der Waals surface area contributed by atoms with E-state index in [0.29, 0.717) is 18.0 Å². The summed E-state index contributed by atoms with van der Waals surface area (Å²) >= 11 is 0. The van der Waals surface area contributed by atoms with Gasteiger partial charge in [-0.1, -0.05) is 30.3 Å². The average molecular weight is 385 g/mol. The lowest BCUT2D eigenvalue weighted by molar-refractivity contribution is 0.116. The van der Waals surface area contributed by atoms with Crippen LogP contribution in [0.3, 0.4) is 0 Å². The summed E-state index contributed by atoms with van der Waals surface area (Å²) in [4.78, 5) is 19.2. The van der Waals surface area contributed by atoms with E-state index in [0.717, 1.165) is 30.9 Å². The molecular formula is C20H23N3O3S. The van der Waals surface area contributed by atoms with Crippen LogP contribution in [0.1, 0.15) is 5.56 Å². The second-order valence-corrected chi connectivity index (χ2v) is 9.24. The summed E-state index contributed by atoms with van der Waals surface area (Å²) in [7, 11) is -3.17. The van der Waals surface area contributed by atoms with Gasteiger partial charge in [-0.25, -0.2) is 13.2 Å². The van der Waals surface area contributed by atoms with Crippen molar-refractivity contribution in [2.75, 3.05) is 37.3 Å². The van der Waals surface area contributed by atoms with Gasteiger partial charge in [0.25, 0.3) is 0 Å². The van der Waals surface area contributed by atoms with Crippen molar-refractivity contribution >= 4 is 21.6 Å². The van der Waals surface area contributed by atoms with Gasteiger partial charge in [0.05, 0.1) is 10.9 Å². The predicted octanol–water partition coefficient (Wildman–Crippen LogP) is 2.22. The van der Waals surface area contributed by atoms with E-state index in [1.54, 1.807) is 12.1 Å². The number of anilines is 1. The summed E-state index contributed by atoms with van der Waals surface area (Å²) in [5, 5.41) is 0. The van der Waals surface area contributed by atoms with Crippen molar-refractivity contribution in [3.8, 4) is 0 Å². The van der Waals surface area contributed by atoms with E-state index in [1.807, 2.05) is 52.3 Å². The fraction of sp³-hybridized carbons (Fsp3) is 0.350. The van der Waals surface area contributed by atoms with Crippen LogP contribution in [0, 0.1) is 0 Å². The van der Waals surface area contributed by atoms with Gasteiger partial charge in [-0.3, -0.25) is 9.80 Å². The highest BCUT2D eigenvalue weighted by atomic mass is 32.2. The number of sulfone groups is 1. The summed E-state index contributed by atoms with van der Waals surface area (Å²) in [6.45, 7) is 3.82. The van der Waals surface area contributed by atoms with E-state index in [2.05, 4.69) is 4.90 Å². The number of piperazine rings is 1. The van der Waals surface area contributed by atoms with Gasteiger partial charge in [0, 0.05) is 44.7 Å². The Morgan fingerprint density at radius 2 is 1.67 bits per heavy atom. The summed E-state index contributed by atoms with van der Waals surface area (Å²) in [5.74, 6) is 0. The van der Waals surface area contributed by atoms with Gasteiger partial charge in [0.1, 0.15) is 0 Å². The third kappa shape index (κ3) is 3.70. The fourth-order valence-corrected chi connectivity index (χ4v) is 4.47. The molecule has 2 saturated heterocycles. The van der Waals surface area contributed by atoms with Crippen molar-refractivity contribution < 1.29 is 13.2 Å². The number of fused-ring (bicyclic) bond motifs is 1. The molecule has 1 unspecified atom stereocenters. The van der Waals surface area contributed by atoms with Gasteiger partial charge >= 0.3 is 6.03 Å². The van der Waals surface area contributed by atoms with Crippen LogP contribution in [-0.4, -0.2) is 62.7 Å². The van der Waals surface area contributed by atoms with Gasteiger partial charge in [0.15, 0.2) is 9.84 Å². The highest BCUT2D eigenvalue weighted by Crippen LogP contribution is 2.26. The second-order valence-electron chi connectivity index (χ2n) is 7.23. The van der Waals surface area contributed by atoms with E-state index in [-0.39, 0.29) is 12.1 Å². The van der Waals surface area contributed by atoms with E-state index in [9.17, 15) is 13.2 Å². The van der Waals surface area contributed by atoms with E-state index < -0.39 is 9.84 Å². The summed E-state index contributed by atoms with van der Waals surface area (Å²) in [6.07, 6.45) is 1.22. The van der Waals surface area contributed by atoms with Crippen LogP contribution in [-0.2, 0) is 16.4 Å². The minimum absolute atomic E-state index is 0.0864. The number of carbonyl (C=O) groups is 1. The number of urea groups is 1. The number of hydrogen-bond donors (Lipinski definition) is 0. The Kier molecular flexibility index (Phi) is 4.65. The van der Waals surface area contributed by atoms with Crippen LogP contribution in [0.2, 0.25) is 0 Å². The van der Waals surface area contributed by atoms with Crippen LogP contribution in [0.4, 0.5) is 10.5 Å². The topological polar surface area (TPSA) is 60.9 Å². The lowest BCUT2D eigenvalue weighted by atomic mass is 10.1.